The lowest BCUT2D eigenvalue weighted by Crippen LogP contribution is -2.56. The molecule has 0 heterocycles. The van der Waals surface area contributed by atoms with Crippen LogP contribution in [0.4, 0.5) is 4.79 Å². The van der Waals surface area contributed by atoms with Crippen LogP contribution in [0.25, 0.3) is 0 Å². The molecule has 0 rings (SSSR count). The van der Waals surface area contributed by atoms with Gasteiger partial charge in [-0.2, -0.15) is 0 Å². The zero-order valence-corrected chi connectivity index (χ0v) is 9.16. The maximum absolute atomic E-state index is 11.4. The van der Waals surface area contributed by atoms with Gasteiger partial charge in [-0.15, -0.1) is 0 Å². The van der Waals surface area contributed by atoms with E-state index < -0.39 is 17.5 Å². The highest BCUT2D eigenvalue weighted by Crippen LogP contribution is 2.12. The van der Waals surface area contributed by atoms with Gasteiger partial charge in [0, 0.05) is 21.1 Å². The van der Waals surface area contributed by atoms with Crippen molar-refractivity contribution >= 4 is 12.0 Å². The normalized spacial score (nSPS) is 11.3. The second kappa shape index (κ2) is 4.28. The van der Waals surface area contributed by atoms with Crippen LogP contribution in [-0.2, 0) is 4.79 Å². The van der Waals surface area contributed by atoms with Gasteiger partial charge in [0.1, 0.15) is 5.54 Å². The number of hydrazine groups is 1. The summed E-state index contributed by atoms with van der Waals surface area (Å²) >= 11 is 0. The van der Waals surface area contributed by atoms with Crippen molar-refractivity contribution in [3.8, 4) is 0 Å². The van der Waals surface area contributed by atoms with Crippen molar-refractivity contribution < 1.29 is 14.7 Å². The fourth-order valence-electron chi connectivity index (χ4n) is 0.664. The summed E-state index contributed by atoms with van der Waals surface area (Å²) in [6.07, 6.45) is 0. The molecule has 0 aliphatic carbocycles. The Morgan fingerprint density at radius 3 is 1.93 bits per heavy atom. The van der Waals surface area contributed by atoms with Crippen LogP contribution in [0.15, 0.2) is 0 Å². The minimum absolute atomic E-state index is 0.456. The number of nitrogens with one attached hydrogen (secondary N) is 1. The van der Waals surface area contributed by atoms with Crippen LogP contribution < -0.4 is 5.43 Å². The van der Waals surface area contributed by atoms with Gasteiger partial charge in [0.05, 0.1) is 0 Å². The third-order valence-corrected chi connectivity index (χ3v) is 1.99. The average Bonchev–Trinajstić information content (AvgIpc) is 2.01. The quantitative estimate of drug-likeness (QED) is 0.632. The fraction of sp³-hybridized carbons (Fsp3) is 0.750. The number of carbonyl (C=O) groups is 2. The van der Waals surface area contributed by atoms with Crippen molar-refractivity contribution in [3.05, 3.63) is 0 Å². The Hall–Kier alpha value is -1.30. The van der Waals surface area contributed by atoms with Crippen molar-refractivity contribution in [2.75, 3.05) is 21.1 Å². The number of hydrogen-bond donors (Lipinski definition) is 2. The first kappa shape index (κ1) is 12.7. The van der Waals surface area contributed by atoms with Crippen molar-refractivity contribution in [3.63, 3.8) is 0 Å². The Kier molecular flexibility index (Phi) is 3.88. The Morgan fingerprint density at radius 1 is 1.21 bits per heavy atom. The maximum atomic E-state index is 11.4. The van der Waals surface area contributed by atoms with Gasteiger partial charge in [-0.05, 0) is 13.8 Å². The van der Waals surface area contributed by atoms with Gasteiger partial charge in [-0.3, -0.25) is 5.43 Å². The average molecular weight is 203 g/mol. The minimum atomic E-state index is -1.22. The summed E-state index contributed by atoms with van der Waals surface area (Å²) in [5.41, 5.74) is 1.24. The maximum Gasteiger partial charge on any atom is 0.332 e. The van der Waals surface area contributed by atoms with E-state index in [1.54, 1.807) is 14.1 Å². The third-order valence-electron chi connectivity index (χ3n) is 1.99. The molecule has 0 atom stereocenters. The number of carboxylic acid groups (broad SMARTS) is 1. The first-order chi connectivity index (χ1) is 6.19. The fourth-order valence-corrected chi connectivity index (χ4v) is 0.664. The predicted molar refractivity (Wildman–Crippen MR) is 51.7 cm³/mol. The van der Waals surface area contributed by atoms with Gasteiger partial charge in [0.2, 0.25) is 0 Å². The largest absolute Gasteiger partial charge is 0.480 e. The molecule has 0 bridgehead atoms. The standard InChI is InChI=1S/C8H17N3O3/c1-8(2,6(12)13)11(5)7(14)9-10(3)4/h1-5H3,(H,9,14)(H,12,13). The van der Waals surface area contributed by atoms with E-state index in [0.29, 0.717) is 0 Å². The number of amides is 2. The molecule has 0 radical (unpaired) electrons. The summed E-state index contributed by atoms with van der Waals surface area (Å²) in [6, 6.07) is -0.456. The van der Waals surface area contributed by atoms with Crippen LogP contribution in [0.3, 0.4) is 0 Å². The lowest BCUT2D eigenvalue weighted by Gasteiger charge is -2.32. The lowest BCUT2D eigenvalue weighted by atomic mass is 10.1. The van der Waals surface area contributed by atoms with Crippen LogP contribution >= 0.6 is 0 Å². The third kappa shape index (κ3) is 2.88. The molecule has 0 aliphatic rings. The molecular weight excluding hydrogens is 186 g/mol. The highest BCUT2D eigenvalue weighted by molar-refractivity contribution is 5.85. The van der Waals surface area contributed by atoms with Gasteiger partial charge in [0.15, 0.2) is 0 Å². The van der Waals surface area contributed by atoms with Gasteiger partial charge >= 0.3 is 12.0 Å². The summed E-state index contributed by atoms with van der Waals surface area (Å²) in [5, 5.41) is 10.3. The number of carboxylic acids is 1. The number of rotatable bonds is 3. The smallest absolute Gasteiger partial charge is 0.332 e. The van der Waals surface area contributed by atoms with Crippen LogP contribution in [0.5, 0.6) is 0 Å². The van der Waals surface area contributed by atoms with E-state index in [1.807, 2.05) is 0 Å². The van der Waals surface area contributed by atoms with Gasteiger partial charge in [-0.25, -0.2) is 14.6 Å². The van der Waals surface area contributed by atoms with E-state index in [4.69, 9.17) is 5.11 Å². The molecule has 0 saturated carbocycles. The molecule has 6 heteroatoms. The Balaban J connectivity index is 4.53. The molecule has 2 amide bonds. The number of carbonyl (C=O) groups excluding carboxylic acids is 1. The number of hydrogen-bond acceptors (Lipinski definition) is 3. The van der Waals surface area contributed by atoms with E-state index in [9.17, 15) is 9.59 Å². The van der Waals surface area contributed by atoms with Crippen molar-refractivity contribution in [2.24, 2.45) is 0 Å². The molecule has 2 N–H and O–H groups in total. The molecule has 0 saturated heterocycles. The molecule has 82 valence electrons. The van der Waals surface area contributed by atoms with Crippen LogP contribution in [0.2, 0.25) is 0 Å². The van der Waals surface area contributed by atoms with Gasteiger partial charge < -0.3 is 10.0 Å². The number of nitrogens with zero attached hydrogens (tertiary/aromatic N) is 2. The highest BCUT2D eigenvalue weighted by Gasteiger charge is 2.35. The molecule has 0 aromatic heterocycles. The monoisotopic (exact) mass is 203 g/mol. The molecule has 0 unspecified atom stereocenters. The van der Waals surface area contributed by atoms with Crippen LogP contribution in [-0.4, -0.2) is 53.7 Å². The van der Waals surface area contributed by atoms with E-state index >= 15 is 0 Å². The molecule has 0 fully saturated rings. The number of likely N-dealkylation sites (N-methyl/N-ethyl adjacent to an activating group) is 1. The topological polar surface area (TPSA) is 72.9 Å². The van der Waals surface area contributed by atoms with E-state index in [-0.39, 0.29) is 0 Å². The van der Waals surface area contributed by atoms with Crippen molar-refractivity contribution in [1.29, 1.82) is 0 Å². The molecule has 6 nitrogen and oxygen atoms in total. The van der Waals surface area contributed by atoms with E-state index in [1.165, 1.54) is 25.9 Å². The van der Waals surface area contributed by atoms with Crippen molar-refractivity contribution in [2.45, 2.75) is 19.4 Å². The molecule has 0 spiro atoms. The summed E-state index contributed by atoms with van der Waals surface area (Å²) < 4.78 is 0. The summed E-state index contributed by atoms with van der Waals surface area (Å²) in [7, 11) is 4.74. The molecule has 14 heavy (non-hydrogen) atoms. The van der Waals surface area contributed by atoms with Gasteiger partial charge in [0.25, 0.3) is 0 Å². The SMILES string of the molecule is CN(C)NC(=O)N(C)C(C)(C)C(=O)O. The Labute approximate surface area is 83.5 Å². The minimum Gasteiger partial charge on any atom is -0.480 e. The van der Waals surface area contributed by atoms with Crippen LogP contribution in [0.1, 0.15) is 13.8 Å². The molecule has 0 aliphatic heterocycles. The lowest BCUT2D eigenvalue weighted by molar-refractivity contribution is -0.147. The summed E-state index contributed by atoms with van der Waals surface area (Å²) in [5.74, 6) is -1.05. The second-order valence-electron chi connectivity index (χ2n) is 3.73. The van der Waals surface area contributed by atoms with Crippen LogP contribution in [0, 0.1) is 0 Å². The molecular formula is C8H17N3O3. The Morgan fingerprint density at radius 2 is 1.64 bits per heavy atom. The van der Waals surface area contributed by atoms with Crippen molar-refractivity contribution in [1.82, 2.24) is 15.3 Å². The predicted octanol–water partition coefficient (Wildman–Crippen LogP) is -0.0324. The zero-order chi connectivity index (χ0) is 11.5. The first-order valence-corrected chi connectivity index (χ1v) is 4.14. The van der Waals surface area contributed by atoms with Gasteiger partial charge in [-0.1, -0.05) is 0 Å². The molecule has 0 aromatic rings. The summed E-state index contributed by atoms with van der Waals surface area (Å²) in [4.78, 5) is 23.4. The Bertz CT molecular complexity index is 238. The molecule has 0 aromatic carbocycles. The number of urea groups is 1. The number of aliphatic carboxylic acids is 1. The summed E-state index contributed by atoms with van der Waals surface area (Å²) in [6.45, 7) is 2.93. The van der Waals surface area contributed by atoms with E-state index in [2.05, 4.69) is 5.43 Å². The first-order valence-electron chi connectivity index (χ1n) is 4.14. The second-order valence-corrected chi connectivity index (χ2v) is 3.73. The highest BCUT2D eigenvalue weighted by atomic mass is 16.4. The zero-order valence-electron chi connectivity index (χ0n) is 9.16. The van der Waals surface area contributed by atoms with E-state index in [0.717, 1.165) is 4.90 Å².